The van der Waals surface area contributed by atoms with Crippen LogP contribution in [0.1, 0.15) is 23.6 Å². The predicted molar refractivity (Wildman–Crippen MR) is 128 cm³/mol. The third-order valence-corrected chi connectivity index (χ3v) is 6.31. The highest BCUT2D eigenvalue weighted by Gasteiger charge is 2.20. The molecule has 2 heterocycles. The van der Waals surface area contributed by atoms with Gasteiger partial charge in [-0.05, 0) is 38.1 Å². The van der Waals surface area contributed by atoms with E-state index in [4.69, 9.17) is 0 Å². The lowest BCUT2D eigenvalue weighted by Gasteiger charge is -2.14. The Balaban J connectivity index is 1.57. The second kappa shape index (κ2) is 8.43. The van der Waals surface area contributed by atoms with E-state index in [1.165, 1.54) is 17.3 Å². The van der Waals surface area contributed by atoms with Crippen molar-refractivity contribution in [3.8, 4) is 17.1 Å². The molecule has 0 bridgehead atoms. The van der Waals surface area contributed by atoms with Gasteiger partial charge in [0.05, 0.1) is 16.2 Å². The van der Waals surface area contributed by atoms with Crippen molar-refractivity contribution in [2.45, 2.75) is 24.3 Å². The predicted octanol–water partition coefficient (Wildman–Crippen LogP) is 5.33. The van der Waals surface area contributed by atoms with Gasteiger partial charge in [0, 0.05) is 11.3 Å². The van der Waals surface area contributed by atoms with Crippen LogP contribution in [-0.2, 0) is 0 Å². The Bertz CT molecular complexity index is 1440. The van der Waals surface area contributed by atoms with Crippen molar-refractivity contribution < 1.29 is 0 Å². The van der Waals surface area contributed by atoms with Crippen LogP contribution in [0.3, 0.4) is 0 Å². The minimum atomic E-state index is -0.136. The smallest absolute Gasteiger partial charge is 0.258 e. The highest BCUT2D eigenvalue weighted by molar-refractivity contribution is 7.99. The third kappa shape index (κ3) is 3.83. The average molecular weight is 440 g/mol. The van der Waals surface area contributed by atoms with Crippen LogP contribution in [0.15, 0.2) is 88.8 Å². The van der Waals surface area contributed by atoms with Crippen LogP contribution in [0.25, 0.3) is 28.0 Å². The van der Waals surface area contributed by atoms with Crippen LogP contribution >= 0.6 is 11.8 Å². The van der Waals surface area contributed by atoms with Gasteiger partial charge in [0.25, 0.3) is 5.56 Å². The first-order valence-corrected chi connectivity index (χ1v) is 11.2. The summed E-state index contributed by atoms with van der Waals surface area (Å²) >= 11 is 1.51. The zero-order valence-electron chi connectivity index (χ0n) is 17.7. The van der Waals surface area contributed by atoms with Crippen molar-refractivity contribution in [3.05, 3.63) is 101 Å². The lowest BCUT2D eigenvalue weighted by atomic mass is 10.2. The highest BCUT2D eigenvalue weighted by Crippen LogP contribution is 2.35. The Morgan fingerprint density at radius 3 is 2.41 bits per heavy atom. The summed E-state index contributed by atoms with van der Waals surface area (Å²) in [4.78, 5) is 20.1. The van der Waals surface area contributed by atoms with E-state index in [0.29, 0.717) is 16.7 Å². The number of nitrogens with zero attached hydrogens (tertiary/aromatic N) is 4. The van der Waals surface area contributed by atoms with E-state index in [1.54, 1.807) is 6.07 Å². The first-order valence-electron chi connectivity index (χ1n) is 10.3. The molecule has 2 aromatic heterocycles. The largest absolute Gasteiger partial charge is 0.309 e. The van der Waals surface area contributed by atoms with Gasteiger partial charge in [0.1, 0.15) is 5.82 Å². The molecule has 1 atom stereocenters. The fraction of sp³-hybridized carbons (Fsp3) is 0.120. The van der Waals surface area contributed by atoms with E-state index < -0.39 is 0 Å². The molecule has 0 fully saturated rings. The van der Waals surface area contributed by atoms with Gasteiger partial charge in [0.15, 0.2) is 11.0 Å². The van der Waals surface area contributed by atoms with Crippen LogP contribution in [-0.4, -0.2) is 24.7 Å². The van der Waals surface area contributed by atoms with Crippen molar-refractivity contribution in [3.63, 3.8) is 0 Å². The number of fused-ring (bicyclic) bond motifs is 1. The number of aromatic nitrogens is 5. The van der Waals surface area contributed by atoms with E-state index in [-0.39, 0.29) is 10.8 Å². The van der Waals surface area contributed by atoms with Crippen molar-refractivity contribution in [1.29, 1.82) is 0 Å². The third-order valence-electron chi connectivity index (χ3n) is 5.26. The number of para-hydroxylation sites is 1. The number of hydrogen-bond acceptors (Lipinski definition) is 5. The number of rotatable bonds is 5. The molecule has 5 rings (SSSR count). The number of thioether (sulfide) groups is 1. The zero-order chi connectivity index (χ0) is 22.1. The summed E-state index contributed by atoms with van der Waals surface area (Å²) in [7, 11) is 0. The van der Waals surface area contributed by atoms with E-state index in [1.807, 2.05) is 55.5 Å². The number of H-pyrrole nitrogens is 1. The summed E-state index contributed by atoms with van der Waals surface area (Å²) in [5.74, 6) is 1.38. The molecule has 158 valence electrons. The van der Waals surface area contributed by atoms with Gasteiger partial charge in [-0.1, -0.05) is 71.9 Å². The molecule has 0 aliphatic carbocycles. The lowest BCUT2D eigenvalue weighted by molar-refractivity contribution is 0.862. The molecule has 0 amide bonds. The molecule has 3 aromatic carbocycles. The first kappa shape index (κ1) is 20.2. The molecule has 6 nitrogen and oxygen atoms in total. The Kier molecular flexibility index (Phi) is 5.33. The summed E-state index contributed by atoms with van der Waals surface area (Å²) < 4.78 is 2.05. The molecule has 0 radical (unpaired) electrons. The summed E-state index contributed by atoms with van der Waals surface area (Å²) in [5, 5.41) is 10.2. The number of aryl methyl sites for hydroxylation is 1. The second-order valence-electron chi connectivity index (χ2n) is 7.57. The number of aromatic amines is 1. The maximum Gasteiger partial charge on any atom is 0.258 e. The molecule has 0 aliphatic rings. The molecule has 0 saturated carbocycles. The van der Waals surface area contributed by atoms with Gasteiger partial charge in [0.2, 0.25) is 0 Å². The Morgan fingerprint density at radius 1 is 0.906 bits per heavy atom. The summed E-state index contributed by atoms with van der Waals surface area (Å²) in [6.45, 7) is 4.07. The molecule has 7 heteroatoms. The summed E-state index contributed by atoms with van der Waals surface area (Å²) in [6.07, 6.45) is 0. The normalized spacial score (nSPS) is 12.2. The SMILES string of the molecule is Cc1ccc(-n2c(SC(C)c3nc4ccccc4c(=O)[nH]3)nnc2-c2ccccc2)cc1. The fourth-order valence-corrected chi connectivity index (χ4v) is 4.48. The highest BCUT2D eigenvalue weighted by atomic mass is 32.2. The van der Waals surface area contributed by atoms with Gasteiger partial charge < -0.3 is 4.98 Å². The van der Waals surface area contributed by atoms with Gasteiger partial charge in [-0.3, -0.25) is 9.36 Å². The topological polar surface area (TPSA) is 76.5 Å². The van der Waals surface area contributed by atoms with Gasteiger partial charge >= 0.3 is 0 Å². The lowest BCUT2D eigenvalue weighted by Crippen LogP contribution is -2.13. The quantitative estimate of drug-likeness (QED) is 0.375. The van der Waals surface area contributed by atoms with Crippen LogP contribution in [0.2, 0.25) is 0 Å². The molecule has 1 N–H and O–H groups in total. The van der Waals surface area contributed by atoms with E-state index in [2.05, 4.69) is 55.9 Å². The minimum Gasteiger partial charge on any atom is -0.309 e. The van der Waals surface area contributed by atoms with Gasteiger partial charge in [-0.2, -0.15) is 0 Å². The molecule has 1 unspecified atom stereocenters. The standard InChI is InChI=1S/C25H21N5OS/c1-16-12-14-19(15-13-16)30-23(18-8-4-3-5-9-18)28-29-25(30)32-17(2)22-26-21-11-7-6-10-20(21)24(31)27-22/h3-15,17H,1-2H3,(H,26,27,31). The summed E-state index contributed by atoms with van der Waals surface area (Å²) in [5.41, 5.74) is 3.70. The van der Waals surface area contributed by atoms with Crippen molar-refractivity contribution in [1.82, 2.24) is 24.7 Å². The molecule has 0 aliphatic heterocycles. The van der Waals surface area contributed by atoms with Gasteiger partial charge in [-0.25, -0.2) is 4.98 Å². The zero-order valence-corrected chi connectivity index (χ0v) is 18.5. The Morgan fingerprint density at radius 2 is 1.62 bits per heavy atom. The van der Waals surface area contributed by atoms with Crippen LogP contribution in [0, 0.1) is 6.92 Å². The monoisotopic (exact) mass is 439 g/mol. The van der Waals surface area contributed by atoms with Crippen LogP contribution in [0.4, 0.5) is 0 Å². The van der Waals surface area contributed by atoms with E-state index in [0.717, 1.165) is 22.2 Å². The molecule has 0 spiro atoms. The van der Waals surface area contributed by atoms with Crippen molar-refractivity contribution in [2.75, 3.05) is 0 Å². The maximum absolute atomic E-state index is 12.5. The maximum atomic E-state index is 12.5. The van der Waals surface area contributed by atoms with Crippen LogP contribution < -0.4 is 5.56 Å². The fourth-order valence-electron chi connectivity index (χ4n) is 3.56. The molecular weight excluding hydrogens is 418 g/mol. The minimum absolute atomic E-state index is 0.135. The number of benzene rings is 3. The second-order valence-corrected chi connectivity index (χ2v) is 8.88. The number of nitrogens with one attached hydrogen (secondary N) is 1. The van der Waals surface area contributed by atoms with Crippen molar-refractivity contribution >= 4 is 22.7 Å². The molecule has 0 saturated heterocycles. The number of hydrogen-bond donors (Lipinski definition) is 1. The van der Waals surface area contributed by atoms with E-state index in [9.17, 15) is 4.79 Å². The average Bonchev–Trinajstić information content (AvgIpc) is 3.23. The van der Waals surface area contributed by atoms with E-state index >= 15 is 0 Å². The van der Waals surface area contributed by atoms with Crippen LogP contribution in [0.5, 0.6) is 0 Å². The van der Waals surface area contributed by atoms with Crippen molar-refractivity contribution in [2.24, 2.45) is 0 Å². The first-order chi connectivity index (χ1) is 15.6. The summed E-state index contributed by atoms with van der Waals surface area (Å²) in [6, 6.07) is 25.6. The molecule has 32 heavy (non-hydrogen) atoms. The van der Waals surface area contributed by atoms with Gasteiger partial charge in [-0.15, -0.1) is 10.2 Å². The Labute approximate surface area is 189 Å². The Hall–Kier alpha value is -3.71. The molecular formula is C25H21N5OS. The molecule has 5 aromatic rings.